The quantitative estimate of drug-likeness (QED) is 0.283. The van der Waals surface area contributed by atoms with Gasteiger partial charge in [0.05, 0.1) is 16.1 Å². The summed E-state index contributed by atoms with van der Waals surface area (Å²) in [6.45, 7) is 3.96. The molecule has 0 saturated heterocycles. The highest BCUT2D eigenvalue weighted by atomic mass is 79.9. The van der Waals surface area contributed by atoms with E-state index in [2.05, 4.69) is 26.2 Å². The number of hydrogen-bond donors (Lipinski definition) is 2. The molecule has 156 valence electrons. The predicted molar refractivity (Wildman–Crippen MR) is 119 cm³/mol. The number of anilines is 1. The van der Waals surface area contributed by atoms with E-state index >= 15 is 0 Å². The molecule has 31 heavy (non-hydrogen) atoms. The number of phenols is 1. The first-order valence-electron chi connectivity index (χ1n) is 9.19. The number of aromatic hydroxyl groups is 1. The molecular weight excluding hydrogens is 466 g/mol. The minimum atomic E-state index is -0.576. The lowest BCUT2D eigenvalue weighted by molar-refractivity contribution is -0.384. The molecule has 0 radical (unpaired) electrons. The molecule has 4 rings (SSSR count). The second-order valence-electron chi connectivity index (χ2n) is 7.03. The van der Waals surface area contributed by atoms with Crippen LogP contribution in [0.4, 0.5) is 11.4 Å². The molecule has 0 saturated carbocycles. The summed E-state index contributed by atoms with van der Waals surface area (Å²) < 4.78 is 6.19. The summed E-state index contributed by atoms with van der Waals surface area (Å²) in [5.74, 6) is -0.428. The number of carbonyl (C=O) groups excluding carboxylic acids is 1. The van der Waals surface area contributed by atoms with Crippen molar-refractivity contribution in [3.63, 3.8) is 0 Å². The van der Waals surface area contributed by atoms with E-state index in [9.17, 15) is 20.0 Å². The normalized spacial score (nSPS) is 10.9. The van der Waals surface area contributed by atoms with Crippen molar-refractivity contribution in [3.05, 3.63) is 79.8 Å². The number of amides is 1. The molecule has 0 aliphatic rings. The van der Waals surface area contributed by atoms with Crippen LogP contribution in [0.2, 0.25) is 0 Å². The number of hydrogen-bond acceptors (Lipinski definition) is 6. The van der Waals surface area contributed by atoms with Gasteiger partial charge in [0.15, 0.2) is 5.58 Å². The summed E-state index contributed by atoms with van der Waals surface area (Å²) >= 11 is 3.22. The fourth-order valence-corrected chi connectivity index (χ4v) is 3.51. The Morgan fingerprint density at radius 1 is 1.13 bits per heavy atom. The number of rotatable bonds is 4. The molecule has 0 aliphatic heterocycles. The van der Waals surface area contributed by atoms with Crippen molar-refractivity contribution in [3.8, 4) is 17.2 Å². The van der Waals surface area contributed by atoms with Crippen LogP contribution in [0, 0.1) is 24.0 Å². The van der Waals surface area contributed by atoms with Crippen LogP contribution in [0.1, 0.15) is 21.5 Å². The molecule has 0 unspecified atom stereocenters. The Kier molecular flexibility index (Phi) is 5.20. The molecule has 1 heterocycles. The van der Waals surface area contributed by atoms with Gasteiger partial charge in [-0.2, -0.15) is 0 Å². The molecular formula is C22H16BrN3O5. The number of oxazole rings is 1. The Morgan fingerprint density at radius 3 is 2.58 bits per heavy atom. The first-order chi connectivity index (χ1) is 14.7. The lowest BCUT2D eigenvalue weighted by Crippen LogP contribution is -2.13. The summed E-state index contributed by atoms with van der Waals surface area (Å²) in [5, 5.41) is 24.1. The smallest absolute Gasteiger partial charge is 0.270 e. The number of non-ortho nitro benzene ring substituents is 1. The van der Waals surface area contributed by atoms with Gasteiger partial charge in [-0.1, -0.05) is 0 Å². The van der Waals surface area contributed by atoms with Crippen molar-refractivity contribution < 1.29 is 19.2 Å². The Balaban J connectivity index is 1.62. The standard InChI is InChI=1S/C22H16BrN3O5/c1-11-7-18-20(8-12(11)2)31-22(25-18)15-5-3-13(9-19(15)27)24-21(28)16-10-14(26(29)30)4-6-17(16)23/h3-10,27H,1-2H3,(H,24,28). The number of aromatic nitrogens is 1. The van der Waals surface area contributed by atoms with E-state index < -0.39 is 10.8 Å². The van der Waals surface area contributed by atoms with Crippen LogP contribution in [0.3, 0.4) is 0 Å². The molecule has 4 aromatic rings. The molecule has 0 bridgehead atoms. The molecule has 1 amide bonds. The Labute approximate surface area is 184 Å². The van der Waals surface area contributed by atoms with Gasteiger partial charge in [0, 0.05) is 28.4 Å². The van der Waals surface area contributed by atoms with Crippen LogP contribution >= 0.6 is 15.9 Å². The number of carbonyl (C=O) groups is 1. The van der Waals surface area contributed by atoms with Crippen LogP contribution in [-0.4, -0.2) is 20.9 Å². The molecule has 0 fully saturated rings. The van der Waals surface area contributed by atoms with Crippen molar-refractivity contribution in [2.24, 2.45) is 0 Å². The minimum absolute atomic E-state index is 0.0995. The van der Waals surface area contributed by atoms with E-state index in [1.807, 2.05) is 26.0 Å². The molecule has 9 heteroatoms. The summed E-state index contributed by atoms with van der Waals surface area (Å²) in [5.41, 5.74) is 4.05. The van der Waals surface area contributed by atoms with Gasteiger partial charge < -0.3 is 14.8 Å². The van der Waals surface area contributed by atoms with Gasteiger partial charge in [-0.25, -0.2) is 4.98 Å². The first kappa shape index (κ1) is 20.5. The van der Waals surface area contributed by atoms with Crippen LogP contribution in [0.25, 0.3) is 22.6 Å². The third-order valence-electron chi connectivity index (χ3n) is 4.90. The SMILES string of the molecule is Cc1cc2nc(-c3ccc(NC(=O)c4cc([N+](=O)[O-])ccc4Br)cc3O)oc2cc1C. The molecule has 0 atom stereocenters. The number of aryl methyl sites for hydroxylation is 2. The summed E-state index contributed by atoms with van der Waals surface area (Å²) in [4.78, 5) is 27.4. The van der Waals surface area contributed by atoms with E-state index in [1.54, 1.807) is 12.1 Å². The zero-order chi connectivity index (χ0) is 22.3. The van der Waals surface area contributed by atoms with Gasteiger partial charge >= 0.3 is 0 Å². The van der Waals surface area contributed by atoms with Crippen LogP contribution in [0.15, 0.2) is 57.4 Å². The molecule has 3 aromatic carbocycles. The number of benzene rings is 3. The van der Waals surface area contributed by atoms with Crippen molar-refractivity contribution in [2.45, 2.75) is 13.8 Å². The molecule has 2 N–H and O–H groups in total. The topological polar surface area (TPSA) is 118 Å². The van der Waals surface area contributed by atoms with Crippen LogP contribution in [-0.2, 0) is 0 Å². The number of fused-ring (bicyclic) bond motifs is 1. The summed E-state index contributed by atoms with van der Waals surface area (Å²) in [7, 11) is 0. The molecule has 0 spiro atoms. The van der Waals surface area contributed by atoms with E-state index in [1.165, 1.54) is 24.3 Å². The van der Waals surface area contributed by atoms with E-state index in [-0.39, 0.29) is 22.9 Å². The lowest BCUT2D eigenvalue weighted by atomic mass is 10.1. The maximum atomic E-state index is 12.6. The second-order valence-corrected chi connectivity index (χ2v) is 7.88. The highest BCUT2D eigenvalue weighted by molar-refractivity contribution is 9.10. The monoisotopic (exact) mass is 481 g/mol. The minimum Gasteiger partial charge on any atom is -0.507 e. The van der Waals surface area contributed by atoms with Crippen molar-refractivity contribution in [1.82, 2.24) is 4.98 Å². The molecule has 1 aromatic heterocycles. The maximum absolute atomic E-state index is 12.6. The average Bonchev–Trinajstić information content (AvgIpc) is 3.10. The van der Waals surface area contributed by atoms with Crippen LogP contribution < -0.4 is 5.32 Å². The Bertz CT molecular complexity index is 1320. The highest BCUT2D eigenvalue weighted by Crippen LogP contribution is 2.34. The van der Waals surface area contributed by atoms with Gasteiger partial charge in [-0.3, -0.25) is 14.9 Å². The number of halogens is 1. The molecule has 8 nitrogen and oxygen atoms in total. The fourth-order valence-electron chi connectivity index (χ4n) is 3.08. The van der Waals surface area contributed by atoms with Crippen molar-refractivity contribution in [1.29, 1.82) is 0 Å². The summed E-state index contributed by atoms with van der Waals surface area (Å²) in [6, 6.07) is 12.3. The number of nitro benzene ring substituents is 1. The number of nitro groups is 1. The maximum Gasteiger partial charge on any atom is 0.270 e. The largest absolute Gasteiger partial charge is 0.507 e. The van der Waals surface area contributed by atoms with Gasteiger partial charge in [0.1, 0.15) is 11.3 Å². The van der Waals surface area contributed by atoms with Gasteiger partial charge in [-0.05, 0) is 71.2 Å². The average molecular weight is 482 g/mol. The molecule has 0 aliphatic carbocycles. The fraction of sp³-hybridized carbons (Fsp3) is 0.0909. The van der Waals surface area contributed by atoms with Gasteiger partial charge in [0.2, 0.25) is 5.89 Å². The third-order valence-corrected chi connectivity index (χ3v) is 5.59. The second kappa shape index (κ2) is 7.84. The zero-order valence-electron chi connectivity index (χ0n) is 16.5. The summed E-state index contributed by atoms with van der Waals surface area (Å²) in [6.07, 6.45) is 0. The highest BCUT2D eigenvalue weighted by Gasteiger charge is 2.18. The third kappa shape index (κ3) is 3.99. The van der Waals surface area contributed by atoms with E-state index in [0.29, 0.717) is 26.8 Å². The first-order valence-corrected chi connectivity index (χ1v) is 9.98. The van der Waals surface area contributed by atoms with E-state index in [4.69, 9.17) is 4.42 Å². The number of nitrogens with zero attached hydrogens (tertiary/aromatic N) is 2. The Hall–Kier alpha value is -3.72. The number of nitrogens with one attached hydrogen (secondary N) is 1. The lowest BCUT2D eigenvalue weighted by Gasteiger charge is -2.08. The predicted octanol–water partition coefficient (Wildman–Crippen LogP) is 5.74. The van der Waals surface area contributed by atoms with Crippen molar-refractivity contribution in [2.75, 3.05) is 5.32 Å². The van der Waals surface area contributed by atoms with Crippen LogP contribution in [0.5, 0.6) is 5.75 Å². The number of phenolic OH excluding ortho intramolecular Hbond substituents is 1. The van der Waals surface area contributed by atoms with Gasteiger partial charge in [-0.15, -0.1) is 0 Å². The van der Waals surface area contributed by atoms with Gasteiger partial charge in [0.25, 0.3) is 11.6 Å². The Morgan fingerprint density at radius 2 is 1.87 bits per heavy atom. The zero-order valence-corrected chi connectivity index (χ0v) is 18.1. The van der Waals surface area contributed by atoms with Crippen molar-refractivity contribution >= 4 is 44.3 Å². The van der Waals surface area contributed by atoms with E-state index in [0.717, 1.165) is 11.1 Å².